The molecule has 1 aromatic carbocycles. The number of hydrogen-bond acceptors (Lipinski definition) is 4. The molecule has 0 saturated heterocycles. The van der Waals surface area contributed by atoms with Crippen LogP contribution in [-0.2, 0) is 14.3 Å². The highest BCUT2D eigenvalue weighted by molar-refractivity contribution is 6.08. The molecule has 3 rings (SSSR count). The van der Waals surface area contributed by atoms with Crippen molar-refractivity contribution in [1.29, 1.82) is 0 Å². The van der Waals surface area contributed by atoms with Crippen LogP contribution in [0.2, 0.25) is 0 Å². The number of amides is 2. The Morgan fingerprint density at radius 1 is 1.20 bits per heavy atom. The SMILES string of the molecule is COC(=O)C1CCC(C(C)N2CC(=O)Nc3ccccc3C2=O)CC1. The normalized spacial score (nSPS) is 24.8. The molecule has 2 amide bonds. The molecule has 1 atom stereocenters. The number of esters is 1. The van der Waals surface area contributed by atoms with Gasteiger partial charge in [-0.1, -0.05) is 12.1 Å². The Labute approximate surface area is 147 Å². The van der Waals surface area contributed by atoms with E-state index in [-0.39, 0.29) is 42.2 Å². The number of benzene rings is 1. The number of methoxy groups -OCH3 is 1. The minimum Gasteiger partial charge on any atom is -0.469 e. The maximum absolute atomic E-state index is 12.9. The third-order valence-electron chi connectivity index (χ3n) is 5.49. The summed E-state index contributed by atoms with van der Waals surface area (Å²) in [5.41, 5.74) is 1.10. The first kappa shape index (κ1) is 17.5. The summed E-state index contributed by atoms with van der Waals surface area (Å²) in [6.07, 6.45) is 3.25. The number of nitrogens with one attached hydrogen (secondary N) is 1. The quantitative estimate of drug-likeness (QED) is 0.855. The van der Waals surface area contributed by atoms with Crippen LogP contribution in [0, 0.1) is 11.8 Å². The summed E-state index contributed by atoms with van der Waals surface area (Å²) in [6.45, 7) is 2.06. The van der Waals surface area contributed by atoms with E-state index in [1.165, 1.54) is 7.11 Å². The lowest BCUT2D eigenvalue weighted by atomic mass is 9.78. The summed E-state index contributed by atoms with van der Waals surface area (Å²) in [6, 6.07) is 7.05. The molecule has 1 N–H and O–H groups in total. The van der Waals surface area contributed by atoms with Crippen LogP contribution in [0.4, 0.5) is 5.69 Å². The largest absolute Gasteiger partial charge is 0.469 e. The van der Waals surface area contributed by atoms with Gasteiger partial charge in [0, 0.05) is 6.04 Å². The van der Waals surface area contributed by atoms with E-state index >= 15 is 0 Å². The van der Waals surface area contributed by atoms with Crippen molar-refractivity contribution in [2.75, 3.05) is 19.0 Å². The number of nitrogens with zero attached hydrogens (tertiary/aromatic N) is 1. The number of carbonyl (C=O) groups is 3. The topological polar surface area (TPSA) is 75.7 Å². The summed E-state index contributed by atoms with van der Waals surface area (Å²) >= 11 is 0. The fourth-order valence-corrected chi connectivity index (χ4v) is 3.94. The van der Waals surface area contributed by atoms with Crippen molar-refractivity contribution in [3.63, 3.8) is 0 Å². The Hall–Kier alpha value is -2.37. The molecular weight excluding hydrogens is 320 g/mol. The number of hydrogen-bond donors (Lipinski definition) is 1. The van der Waals surface area contributed by atoms with Crippen LogP contribution in [0.5, 0.6) is 0 Å². The summed E-state index contributed by atoms with van der Waals surface area (Å²) in [5.74, 6) is -0.199. The highest BCUT2D eigenvalue weighted by Gasteiger charge is 2.36. The fraction of sp³-hybridized carbons (Fsp3) is 0.526. The molecule has 0 radical (unpaired) electrons. The van der Waals surface area contributed by atoms with Crippen LogP contribution in [0.25, 0.3) is 0 Å². The van der Waals surface area contributed by atoms with Gasteiger partial charge in [-0.3, -0.25) is 14.4 Å². The summed E-state index contributed by atoms with van der Waals surface area (Å²) in [5, 5.41) is 2.81. The number of para-hydroxylation sites is 1. The van der Waals surface area contributed by atoms with Gasteiger partial charge in [0.05, 0.1) is 24.3 Å². The number of ether oxygens (including phenoxy) is 1. The molecular formula is C19H24N2O4. The number of rotatable bonds is 3. The average Bonchev–Trinajstić information content (AvgIpc) is 2.77. The van der Waals surface area contributed by atoms with Crippen LogP contribution in [-0.4, -0.2) is 42.4 Å². The van der Waals surface area contributed by atoms with E-state index in [4.69, 9.17) is 4.74 Å². The zero-order chi connectivity index (χ0) is 18.0. The Balaban J connectivity index is 1.74. The molecule has 1 heterocycles. The van der Waals surface area contributed by atoms with Crippen LogP contribution >= 0.6 is 0 Å². The zero-order valence-electron chi connectivity index (χ0n) is 14.7. The standard InChI is InChI=1S/C19H24N2O4/c1-12(13-7-9-14(10-8-13)19(24)25-2)21-11-17(22)20-16-6-4-3-5-15(16)18(21)23/h3-6,12-14H,7-11H2,1-2H3,(H,20,22). The maximum atomic E-state index is 12.9. The lowest BCUT2D eigenvalue weighted by Gasteiger charge is -2.37. The van der Waals surface area contributed by atoms with E-state index in [1.54, 1.807) is 29.2 Å². The highest BCUT2D eigenvalue weighted by Crippen LogP contribution is 2.34. The van der Waals surface area contributed by atoms with Crippen LogP contribution in [0.3, 0.4) is 0 Å². The van der Waals surface area contributed by atoms with Gasteiger partial charge >= 0.3 is 5.97 Å². The van der Waals surface area contributed by atoms with Gasteiger partial charge in [-0.2, -0.15) is 0 Å². The first-order valence-electron chi connectivity index (χ1n) is 8.79. The third-order valence-corrected chi connectivity index (χ3v) is 5.49. The summed E-state index contributed by atoms with van der Waals surface area (Å²) in [4.78, 5) is 38.5. The van der Waals surface area contributed by atoms with Gasteiger partial charge in [0.2, 0.25) is 5.91 Å². The van der Waals surface area contributed by atoms with Gasteiger partial charge in [-0.05, 0) is 50.7 Å². The second kappa shape index (κ2) is 7.25. The monoisotopic (exact) mass is 344 g/mol. The summed E-state index contributed by atoms with van der Waals surface area (Å²) < 4.78 is 4.83. The van der Waals surface area contributed by atoms with Crippen molar-refractivity contribution in [1.82, 2.24) is 4.90 Å². The zero-order valence-corrected chi connectivity index (χ0v) is 14.7. The minimum atomic E-state index is -0.173. The molecule has 1 fully saturated rings. The van der Waals surface area contributed by atoms with Gasteiger partial charge in [-0.15, -0.1) is 0 Å². The van der Waals surface area contributed by atoms with Crippen molar-refractivity contribution in [2.45, 2.75) is 38.6 Å². The minimum absolute atomic E-state index is 0.0442. The van der Waals surface area contributed by atoms with E-state index in [1.807, 2.05) is 6.92 Å². The first-order valence-corrected chi connectivity index (χ1v) is 8.79. The van der Waals surface area contributed by atoms with Gasteiger partial charge < -0.3 is 15.0 Å². The lowest BCUT2D eigenvalue weighted by Crippen LogP contribution is -2.46. The Morgan fingerprint density at radius 3 is 2.56 bits per heavy atom. The van der Waals surface area contributed by atoms with E-state index in [2.05, 4.69) is 5.32 Å². The first-order chi connectivity index (χ1) is 12.0. The molecule has 0 bridgehead atoms. The molecule has 0 spiro atoms. The lowest BCUT2D eigenvalue weighted by molar-refractivity contribution is -0.147. The molecule has 1 aliphatic heterocycles. The Kier molecular flexibility index (Phi) is 5.06. The van der Waals surface area contributed by atoms with E-state index in [0.29, 0.717) is 11.3 Å². The molecule has 0 aromatic heterocycles. The maximum Gasteiger partial charge on any atom is 0.308 e. The van der Waals surface area contributed by atoms with Crippen LogP contribution < -0.4 is 5.32 Å². The van der Waals surface area contributed by atoms with Crippen molar-refractivity contribution in [3.05, 3.63) is 29.8 Å². The second-order valence-electron chi connectivity index (χ2n) is 6.90. The molecule has 25 heavy (non-hydrogen) atoms. The van der Waals surface area contributed by atoms with Gasteiger partial charge in [0.1, 0.15) is 6.54 Å². The second-order valence-corrected chi connectivity index (χ2v) is 6.90. The van der Waals surface area contributed by atoms with E-state index in [0.717, 1.165) is 25.7 Å². The third kappa shape index (κ3) is 3.52. The van der Waals surface area contributed by atoms with Crippen molar-refractivity contribution < 1.29 is 19.1 Å². The molecule has 1 aliphatic carbocycles. The summed E-state index contributed by atoms with van der Waals surface area (Å²) in [7, 11) is 1.42. The van der Waals surface area contributed by atoms with Gasteiger partial charge in [-0.25, -0.2) is 0 Å². The predicted octanol–water partition coefficient (Wildman–Crippen LogP) is 2.45. The smallest absolute Gasteiger partial charge is 0.308 e. The number of anilines is 1. The van der Waals surface area contributed by atoms with E-state index < -0.39 is 0 Å². The predicted molar refractivity (Wildman–Crippen MR) is 93.0 cm³/mol. The highest BCUT2D eigenvalue weighted by atomic mass is 16.5. The fourth-order valence-electron chi connectivity index (χ4n) is 3.94. The van der Waals surface area contributed by atoms with E-state index in [9.17, 15) is 14.4 Å². The molecule has 2 aliphatic rings. The van der Waals surface area contributed by atoms with Crippen molar-refractivity contribution in [3.8, 4) is 0 Å². The van der Waals surface area contributed by atoms with Crippen molar-refractivity contribution >= 4 is 23.5 Å². The molecule has 1 unspecified atom stereocenters. The van der Waals surface area contributed by atoms with Crippen LogP contribution in [0.1, 0.15) is 43.0 Å². The molecule has 1 saturated carbocycles. The molecule has 1 aromatic rings. The van der Waals surface area contributed by atoms with Crippen molar-refractivity contribution in [2.24, 2.45) is 11.8 Å². The number of fused-ring (bicyclic) bond motifs is 1. The van der Waals surface area contributed by atoms with Crippen LogP contribution in [0.15, 0.2) is 24.3 Å². The molecule has 134 valence electrons. The Morgan fingerprint density at radius 2 is 1.88 bits per heavy atom. The number of carbonyl (C=O) groups excluding carboxylic acids is 3. The van der Waals surface area contributed by atoms with Gasteiger partial charge in [0.25, 0.3) is 5.91 Å². The van der Waals surface area contributed by atoms with Gasteiger partial charge in [0.15, 0.2) is 0 Å². The average molecular weight is 344 g/mol. The molecule has 6 heteroatoms. The molecule has 6 nitrogen and oxygen atoms in total. The Bertz CT molecular complexity index is 680.